The molecule has 4 aromatic rings. The van der Waals surface area contributed by atoms with Crippen molar-refractivity contribution < 1.29 is 19.0 Å². The highest BCUT2D eigenvalue weighted by Crippen LogP contribution is 2.36. The molecule has 0 saturated carbocycles. The van der Waals surface area contributed by atoms with Crippen LogP contribution in [0.4, 0.5) is 10.1 Å². The topological polar surface area (TPSA) is 95.2 Å². The van der Waals surface area contributed by atoms with Gasteiger partial charge in [0.2, 0.25) is 0 Å². The quantitative estimate of drug-likeness (QED) is 0.412. The average molecular weight is 441 g/mol. The summed E-state index contributed by atoms with van der Waals surface area (Å²) < 4.78 is 19.4. The Balaban J connectivity index is 1.88. The molecule has 0 amide bonds. The fraction of sp³-hybridized carbons (Fsp3) is 0.115. The highest BCUT2D eigenvalue weighted by Gasteiger charge is 2.21. The Morgan fingerprint density at radius 3 is 2.48 bits per heavy atom. The molecule has 0 bridgehead atoms. The van der Waals surface area contributed by atoms with Gasteiger partial charge >= 0.3 is 5.97 Å². The Morgan fingerprint density at radius 1 is 1.12 bits per heavy atom. The van der Waals surface area contributed by atoms with E-state index in [-0.39, 0.29) is 11.3 Å². The SMILES string of the molecule is COc1ccccc1-c1ccc(-c2nc3ccc(F)cc3c(NC(C)C(=O)O)c2C#N)cc1. The number of aliphatic carboxylic acids is 1. The van der Waals surface area contributed by atoms with Gasteiger partial charge in [-0.1, -0.05) is 42.5 Å². The Bertz CT molecular complexity index is 1390. The zero-order valence-electron chi connectivity index (χ0n) is 18.0. The molecule has 0 saturated heterocycles. The van der Waals surface area contributed by atoms with Crippen LogP contribution in [0, 0.1) is 17.1 Å². The molecule has 1 unspecified atom stereocenters. The minimum atomic E-state index is -1.09. The van der Waals surface area contributed by atoms with E-state index in [0.717, 1.165) is 16.9 Å². The van der Waals surface area contributed by atoms with Gasteiger partial charge in [-0.05, 0) is 36.8 Å². The molecule has 3 aromatic carbocycles. The van der Waals surface area contributed by atoms with Gasteiger partial charge in [0.05, 0.1) is 24.0 Å². The second kappa shape index (κ2) is 8.97. The molecule has 1 aromatic heterocycles. The number of halogens is 1. The van der Waals surface area contributed by atoms with Crippen LogP contribution in [0.3, 0.4) is 0 Å². The van der Waals surface area contributed by atoms with Gasteiger partial charge < -0.3 is 15.2 Å². The Morgan fingerprint density at radius 2 is 1.82 bits per heavy atom. The molecule has 4 rings (SSSR count). The fourth-order valence-corrected chi connectivity index (χ4v) is 3.67. The number of methoxy groups -OCH3 is 1. The normalized spacial score (nSPS) is 11.6. The number of benzene rings is 3. The van der Waals surface area contributed by atoms with E-state index in [0.29, 0.717) is 22.2 Å². The Hall–Kier alpha value is -4.44. The lowest BCUT2D eigenvalue weighted by Gasteiger charge is -2.17. The molecular formula is C26H20FN3O3. The van der Waals surface area contributed by atoms with Gasteiger partial charge in [0.15, 0.2) is 0 Å². The van der Waals surface area contributed by atoms with Gasteiger partial charge in [-0.25, -0.2) is 9.37 Å². The summed E-state index contributed by atoms with van der Waals surface area (Å²) in [7, 11) is 1.61. The monoisotopic (exact) mass is 441 g/mol. The van der Waals surface area contributed by atoms with E-state index in [9.17, 15) is 19.6 Å². The number of hydrogen-bond acceptors (Lipinski definition) is 5. The number of nitrogens with one attached hydrogen (secondary N) is 1. The summed E-state index contributed by atoms with van der Waals surface area (Å²) in [6.07, 6.45) is 0. The molecule has 0 aliphatic carbocycles. The lowest BCUT2D eigenvalue weighted by atomic mass is 9.98. The van der Waals surface area contributed by atoms with Crippen molar-refractivity contribution in [1.82, 2.24) is 4.98 Å². The number of ether oxygens (including phenoxy) is 1. The molecule has 0 fully saturated rings. The van der Waals surface area contributed by atoms with Gasteiger partial charge in [0.25, 0.3) is 0 Å². The zero-order valence-corrected chi connectivity index (χ0v) is 18.0. The Kier molecular flexibility index (Phi) is 5.92. The van der Waals surface area contributed by atoms with Crippen molar-refractivity contribution in [2.45, 2.75) is 13.0 Å². The van der Waals surface area contributed by atoms with Crippen molar-refractivity contribution in [2.75, 3.05) is 12.4 Å². The van der Waals surface area contributed by atoms with Crippen molar-refractivity contribution in [1.29, 1.82) is 5.26 Å². The summed E-state index contributed by atoms with van der Waals surface area (Å²) >= 11 is 0. The maximum Gasteiger partial charge on any atom is 0.325 e. The second-order valence-corrected chi connectivity index (χ2v) is 7.47. The summed E-state index contributed by atoms with van der Waals surface area (Å²) in [6, 6.07) is 20.3. The number of aromatic nitrogens is 1. The first kappa shape index (κ1) is 21.8. The van der Waals surface area contributed by atoms with Gasteiger partial charge in [-0.2, -0.15) is 5.26 Å². The summed E-state index contributed by atoms with van der Waals surface area (Å²) in [6.45, 7) is 1.46. The van der Waals surface area contributed by atoms with E-state index in [2.05, 4.69) is 16.4 Å². The zero-order chi connectivity index (χ0) is 23.5. The molecular weight excluding hydrogens is 421 g/mol. The van der Waals surface area contributed by atoms with Crippen molar-refractivity contribution in [3.63, 3.8) is 0 Å². The standard InChI is InChI=1S/C26H20FN3O3/c1-15(26(31)32)29-25-20-13-18(27)11-12-22(20)30-24(21(25)14-28)17-9-7-16(8-10-17)19-5-3-4-6-23(19)33-2/h3-13,15H,1-2H3,(H,29,30)(H,31,32). The van der Waals surface area contributed by atoms with Crippen molar-refractivity contribution in [2.24, 2.45) is 0 Å². The van der Waals surface area contributed by atoms with Gasteiger partial charge in [-0.3, -0.25) is 4.79 Å². The van der Waals surface area contributed by atoms with Gasteiger partial charge in [0.1, 0.15) is 29.2 Å². The van der Waals surface area contributed by atoms with Crippen LogP contribution in [-0.4, -0.2) is 29.2 Å². The highest BCUT2D eigenvalue weighted by molar-refractivity contribution is 5.99. The van der Waals surface area contributed by atoms with Crippen LogP contribution in [0.1, 0.15) is 12.5 Å². The number of rotatable bonds is 6. The second-order valence-electron chi connectivity index (χ2n) is 7.47. The summed E-state index contributed by atoms with van der Waals surface area (Å²) in [4.78, 5) is 16.0. The van der Waals surface area contributed by atoms with E-state index in [1.165, 1.54) is 25.1 Å². The molecule has 33 heavy (non-hydrogen) atoms. The van der Waals surface area contributed by atoms with E-state index in [4.69, 9.17) is 4.74 Å². The number of carboxylic acids is 1. The Labute approximate surface area is 189 Å². The first-order valence-corrected chi connectivity index (χ1v) is 10.2. The number of pyridine rings is 1. The fourth-order valence-electron chi connectivity index (χ4n) is 3.67. The first-order valence-electron chi connectivity index (χ1n) is 10.2. The van der Waals surface area contributed by atoms with Crippen LogP contribution in [-0.2, 0) is 4.79 Å². The number of carboxylic acid groups (broad SMARTS) is 1. The smallest absolute Gasteiger partial charge is 0.325 e. The molecule has 7 heteroatoms. The molecule has 164 valence electrons. The lowest BCUT2D eigenvalue weighted by molar-refractivity contribution is -0.137. The van der Waals surface area contributed by atoms with Crippen LogP contribution < -0.4 is 10.1 Å². The van der Waals surface area contributed by atoms with Crippen LogP contribution in [0.25, 0.3) is 33.3 Å². The van der Waals surface area contributed by atoms with Crippen molar-refractivity contribution in [3.05, 3.63) is 78.1 Å². The van der Waals surface area contributed by atoms with Gasteiger partial charge in [-0.15, -0.1) is 0 Å². The number of carbonyl (C=O) groups is 1. The maximum atomic E-state index is 14.0. The maximum absolute atomic E-state index is 14.0. The van der Waals surface area contributed by atoms with E-state index in [1.807, 2.05) is 48.5 Å². The molecule has 1 heterocycles. The van der Waals surface area contributed by atoms with E-state index in [1.54, 1.807) is 7.11 Å². The lowest BCUT2D eigenvalue weighted by Crippen LogP contribution is -2.26. The predicted octanol–water partition coefficient (Wildman–Crippen LogP) is 5.47. The van der Waals surface area contributed by atoms with Crippen molar-refractivity contribution in [3.8, 4) is 34.2 Å². The van der Waals surface area contributed by atoms with Crippen LogP contribution in [0.2, 0.25) is 0 Å². The number of nitrogens with zero attached hydrogens (tertiary/aromatic N) is 2. The molecule has 0 aliphatic rings. The highest BCUT2D eigenvalue weighted by atomic mass is 19.1. The third-order valence-corrected chi connectivity index (χ3v) is 5.37. The third-order valence-electron chi connectivity index (χ3n) is 5.37. The molecule has 2 N–H and O–H groups in total. The number of fused-ring (bicyclic) bond motifs is 1. The summed E-state index contributed by atoms with van der Waals surface area (Å²) in [5.74, 6) is -0.862. The number of nitriles is 1. The predicted molar refractivity (Wildman–Crippen MR) is 125 cm³/mol. The molecule has 0 aliphatic heterocycles. The summed E-state index contributed by atoms with van der Waals surface area (Å²) in [5, 5.41) is 22.5. The molecule has 0 radical (unpaired) electrons. The minimum absolute atomic E-state index is 0.145. The summed E-state index contributed by atoms with van der Waals surface area (Å²) in [5.41, 5.74) is 3.72. The average Bonchev–Trinajstić information content (AvgIpc) is 2.84. The van der Waals surface area contributed by atoms with Crippen LogP contribution >= 0.6 is 0 Å². The first-order chi connectivity index (χ1) is 15.9. The number of para-hydroxylation sites is 1. The minimum Gasteiger partial charge on any atom is -0.496 e. The third kappa shape index (κ3) is 4.19. The van der Waals surface area contributed by atoms with E-state index < -0.39 is 17.8 Å². The number of anilines is 1. The van der Waals surface area contributed by atoms with Crippen LogP contribution in [0.5, 0.6) is 5.75 Å². The van der Waals surface area contributed by atoms with Gasteiger partial charge in [0, 0.05) is 16.5 Å². The van der Waals surface area contributed by atoms with E-state index >= 15 is 0 Å². The number of hydrogen-bond donors (Lipinski definition) is 2. The molecule has 0 spiro atoms. The van der Waals surface area contributed by atoms with Crippen LogP contribution in [0.15, 0.2) is 66.7 Å². The molecule has 1 atom stereocenters. The molecule has 6 nitrogen and oxygen atoms in total. The largest absolute Gasteiger partial charge is 0.496 e. The van der Waals surface area contributed by atoms with Crippen molar-refractivity contribution >= 4 is 22.6 Å².